The van der Waals surface area contributed by atoms with Crippen LogP contribution in [-0.2, 0) is 9.53 Å². The van der Waals surface area contributed by atoms with Crippen molar-refractivity contribution in [1.82, 2.24) is 0 Å². The van der Waals surface area contributed by atoms with Crippen LogP contribution in [0.25, 0.3) is 0 Å². The van der Waals surface area contributed by atoms with Crippen LogP contribution in [0.15, 0.2) is 18.2 Å². The maximum Gasteiger partial charge on any atom is 0.348 e. The molecule has 1 aromatic carbocycles. The van der Waals surface area contributed by atoms with Gasteiger partial charge in [0.15, 0.2) is 0 Å². The molecule has 1 N–H and O–H groups in total. The van der Waals surface area contributed by atoms with Gasteiger partial charge in [0.05, 0.1) is 13.2 Å². The van der Waals surface area contributed by atoms with Gasteiger partial charge in [-0.05, 0) is 37.1 Å². The van der Waals surface area contributed by atoms with Crippen LogP contribution in [-0.4, -0.2) is 29.9 Å². The van der Waals surface area contributed by atoms with Crippen molar-refractivity contribution in [2.45, 2.75) is 32.3 Å². The van der Waals surface area contributed by atoms with Gasteiger partial charge in [-0.1, -0.05) is 6.07 Å². The minimum Gasteiger partial charge on any atom is -0.478 e. The van der Waals surface area contributed by atoms with E-state index < -0.39 is 11.6 Å². The van der Waals surface area contributed by atoms with Crippen LogP contribution in [0.3, 0.4) is 0 Å². The van der Waals surface area contributed by atoms with E-state index in [-0.39, 0.29) is 0 Å². The Kier molecular flexibility index (Phi) is 3.57. The third-order valence-corrected chi connectivity index (χ3v) is 3.20. The fourth-order valence-electron chi connectivity index (χ4n) is 2.28. The standard InChI is InChI=1S/C14H18O4/c1-10-7-11(2)9-12(8-10)18-14(13(15)16)3-5-17-6-4-14/h7-9H,3-6H2,1-2H3,(H,15,16). The SMILES string of the molecule is Cc1cc(C)cc(OC2(C(=O)O)CCOCC2)c1. The van der Waals surface area contributed by atoms with Crippen molar-refractivity contribution in [2.75, 3.05) is 13.2 Å². The molecule has 4 nitrogen and oxygen atoms in total. The summed E-state index contributed by atoms with van der Waals surface area (Å²) in [5.41, 5.74) is 0.994. The highest BCUT2D eigenvalue weighted by Crippen LogP contribution is 2.29. The lowest BCUT2D eigenvalue weighted by molar-refractivity contribution is -0.163. The van der Waals surface area contributed by atoms with Crippen LogP contribution in [0, 0.1) is 13.8 Å². The fourth-order valence-corrected chi connectivity index (χ4v) is 2.28. The van der Waals surface area contributed by atoms with Gasteiger partial charge in [0, 0.05) is 12.8 Å². The van der Waals surface area contributed by atoms with E-state index in [0.29, 0.717) is 31.8 Å². The average Bonchev–Trinajstić information content (AvgIpc) is 2.28. The van der Waals surface area contributed by atoms with Crippen molar-refractivity contribution in [3.05, 3.63) is 29.3 Å². The van der Waals surface area contributed by atoms with Crippen molar-refractivity contribution in [2.24, 2.45) is 0 Å². The monoisotopic (exact) mass is 250 g/mol. The number of carboxylic acids is 1. The number of rotatable bonds is 3. The number of aliphatic carboxylic acids is 1. The normalized spacial score (nSPS) is 18.3. The van der Waals surface area contributed by atoms with E-state index in [1.807, 2.05) is 32.0 Å². The van der Waals surface area contributed by atoms with Crippen molar-refractivity contribution in [3.8, 4) is 5.75 Å². The Labute approximate surface area is 107 Å². The van der Waals surface area contributed by atoms with Crippen molar-refractivity contribution in [1.29, 1.82) is 0 Å². The van der Waals surface area contributed by atoms with Crippen molar-refractivity contribution in [3.63, 3.8) is 0 Å². The Morgan fingerprint density at radius 2 is 1.78 bits per heavy atom. The minimum atomic E-state index is -1.14. The number of hydrogen-bond donors (Lipinski definition) is 1. The lowest BCUT2D eigenvalue weighted by atomic mass is 9.94. The van der Waals surface area contributed by atoms with Gasteiger partial charge >= 0.3 is 5.97 Å². The summed E-state index contributed by atoms with van der Waals surface area (Å²) in [7, 11) is 0. The summed E-state index contributed by atoms with van der Waals surface area (Å²) in [6, 6.07) is 5.77. The molecule has 0 spiro atoms. The average molecular weight is 250 g/mol. The Hall–Kier alpha value is -1.55. The molecule has 1 aliphatic rings. The van der Waals surface area contributed by atoms with Gasteiger partial charge in [0.1, 0.15) is 5.75 Å². The summed E-state index contributed by atoms with van der Waals surface area (Å²) in [6.45, 7) is 4.79. The smallest absolute Gasteiger partial charge is 0.348 e. The van der Waals surface area contributed by atoms with Gasteiger partial charge in [0.2, 0.25) is 5.60 Å². The molecule has 2 rings (SSSR count). The molecule has 1 heterocycles. The molecule has 18 heavy (non-hydrogen) atoms. The van der Waals surface area contributed by atoms with Gasteiger partial charge in [0.25, 0.3) is 0 Å². The maximum absolute atomic E-state index is 11.5. The van der Waals surface area contributed by atoms with E-state index in [1.54, 1.807) is 0 Å². The topological polar surface area (TPSA) is 55.8 Å². The van der Waals surface area contributed by atoms with E-state index in [2.05, 4.69) is 0 Å². The first-order valence-corrected chi connectivity index (χ1v) is 6.10. The molecule has 0 aliphatic carbocycles. The van der Waals surface area contributed by atoms with Gasteiger partial charge in [-0.3, -0.25) is 0 Å². The summed E-state index contributed by atoms with van der Waals surface area (Å²) >= 11 is 0. The number of ether oxygens (including phenoxy) is 2. The Balaban J connectivity index is 2.25. The summed E-state index contributed by atoms with van der Waals surface area (Å²) in [5.74, 6) is -0.290. The second-order valence-electron chi connectivity index (χ2n) is 4.84. The van der Waals surface area contributed by atoms with Crippen LogP contribution in [0.4, 0.5) is 0 Å². The van der Waals surface area contributed by atoms with Crippen molar-refractivity contribution < 1.29 is 19.4 Å². The maximum atomic E-state index is 11.5. The van der Waals surface area contributed by atoms with E-state index in [0.717, 1.165) is 11.1 Å². The lowest BCUT2D eigenvalue weighted by Crippen LogP contribution is -2.49. The zero-order valence-corrected chi connectivity index (χ0v) is 10.7. The molecule has 0 radical (unpaired) electrons. The molecule has 4 heteroatoms. The summed E-state index contributed by atoms with van der Waals surface area (Å²) in [4.78, 5) is 11.5. The van der Waals surface area contributed by atoms with E-state index >= 15 is 0 Å². The largest absolute Gasteiger partial charge is 0.478 e. The van der Waals surface area contributed by atoms with E-state index in [1.165, 1.54) is 0 Å². The molecule has 0 atom stereocenters. The van der Waals surface area contributed by atoms with Crippen LogP contribution in [0.1, 0.15) is 24.0 Å². The minimum absolute atomic E-state index is 0.384. The zero-order chi connectivity index (χ0) is 13.2. The zero-order valence-electron chi connectivity index (χ0n) is 10.7. The Morgan fingerprint density at radius 3 is 2.28 bits per heavy atom. The van der Waals surface area contributed by atoms with Crippen LogP contribution >= 0.6 is 0 Å². The third-order valence-electron chi connectivity index (χ3n) is 3.20. The molecule has 1 saturated heterocycles. The second kappa shape index (κ2) is 4.98. The molecule has 1 fully saturated rings. The first kappa shape index (κ1) is 12.9. The number of benzene rings is 1. The predicted octanol–water partition coefficient (Wildman–Crippen LogP) is 2.32. The Morgan fingerprint density at radius 1 is 1.22 bits per heavy atom. The first-order chi connectivity index (χ1) is 8.52. The molecule has 1 aliphatic heterocycles. The van der Waals surface area contributed by atoms with Gasteiger partial charge in [-0.15, -0.1) is 0 Å². The molecule has 0 bridgehead atoms. The van der Waals surface area contributed by atoms with E-state index in [9.17, 15) is 9.90 Å². The molecular weight excluding hydrogens is 232 g/mol. The number of aryl methyl sites for hydroxylation is 2. The first-order valence-electron chi connectivity index (χ1n) is 6.10. The fraction of sp³-hybridized carbons (Fsp3) is 0.500. The molecule has 0 saturated carbocycles. The van der Waals surface area contributed by atoms with Gasteiger partial charge in [-0.2, -0.15) is 0 Å². The highest BCUT2D eigenvalue weighted by Gasteiger charge is 2.42. The van der Waals surface area contributed by atoms with E-state index in [4.69, 9.17) is 9.47 Å². The quantitative estimate of drug-likeness (QED) is 0.894. The third kappa shape index (κ3) is 2.64. The molecule has 98 valence electrons. The molecule has 1 aromatic rings. The summed E-state index contributed by atoms with van der Waals surface area (Å²) in [6.07, 6.45) is 0.768. The summed E-state index contributed by atoms with van der Waals surface area (Å²) < 4.78 is 11.0. The van der Waals surface area contributed by atoms with Gasteiger partial charge in [-0.25, -0.2) is 4.79 Å². The molecule has 0 unspecified atom stereocenters. The molecule has 0 amide bonds. The highest BCUT2D eigenvalue weighted by molar-refractivity contribution is 5.78. The number of carbonyl (C=O) groups is 1. The Bertz CT molecular complexity index is 427. The highest BCUT2D eigenvalue weighted by atomic mass is 16.5. The second-order valence-corrected chi connectivity index (χ2v) is 4.84. The van der Waals surface area contributed by atoms with Crippen LogP contribution in [0.5, 0.6) is 5.75 Å². The molecular formula is C14H18O4. The predicted molar refractivity (Wildman–Crippen MR) is 67.0 cm³/mol. The van der Waals surface area contributed by atoms with Crippen molar-refractivity contribution >= 4 is 5.97 Å². The molecule has 0 aromatic heterocycles. The number of hydrogen-bond acceptors (Lipinski definition) is 3. The number of carboxylic acid groups (broad SMARTS) is 1. The van der Waals surface area contributed by atoms with Gasteiger partial charge < -0.3 is 14.6 Å². The lowest BCUT2D eigenvalue weighted by Gasteiger charge is -2.33. The van der Waals surface area contributed by atoms with Crippen LogP contribution < -0.4 is 4.74 Å². The van der Waals surface area contributed by atoms with Crippen LogP contribution in [0.2, 0.25) is 0 Å². The summed E-state index contributed by atoms with van der Waals surface area (Å²) in [5, 5.41) is 9.41.